The van der Waals surface area contributed by atoms with Gasteiger partial charge >= 0.3 is 0 Å². The van der Waals surface area contributed by atoms with Gasteiger partial charge in [0, 0.05) is 27.5 Å². The quantitative estimate of drug-likeness (QED) is 0.411. The Balaban J connectivity index is 1.58. The second kappa shape index (κ2) is 8.60. The van der Waals surface area contributed by atoms with Gasteiger partial charge in [0.15, 0.2) is 11.5 Å². The molecular weight excluding hydrogens is 444 g/mol. The molecular formula is C25H23ClN2O3S. The van der Waals surface area contributed by atoms with Crippen LogP contribution in [0.5, 0.6) is 17.2 Å². The van der Waals surface area contributed by atoms with Crippen molar-refractivity contribution in [1.29, 1.82) is 0 Å². The highest BCUT2D eigenvalue weighted by Gasteiger charge is 2.41. The van der Waals surface area contributed by atoms with Gasteiger partial charge in [0.2, 0.25) is 6.23 Å². The first-order valence-corrected chi connectivity index (χ1v) is 11.9. The molecule has 3 aromatic carbocycles. The SMILES string of the molecule is COc1ccc(C2Oc3ccc(Cl)cc3C3CC(c4ccc(SC)cc4)=NN32)cc1OC. The maximum Gasteiger partial charge on any atom is 0.214 e. The standard InChI is InChI=1S/C25H23ClN2O3S/c1-29-23-10-6-16(12-24(23)30-2)25-28-21(19-13-17(26)7-11-22(19)31-25)14-20(27-28)15-4-8-18(32-3)9-5-15/h4-13,21,25H,14H2,1-3H3. The number of hydrogen-bond donors (Lipinski definition) is 0. The number of nitrogens with zero attached hydrogens (tertiary/aromatic N) is 2. The molecule has 2 heterocycles. The van der Waals surface area contributed by atoms with E-state index < -0.39 is 6.23 Å². The fraction of sp³-hybridized carbons (Fsp3) is 0.240. The Hall–Kier alpha value is -2.83. The van der Waals surface area contributed by atoms with Gasteiger partial charge in [0.05, 0.1) is 26.0 Å². The van der Waals surface area contributed by atoms with E-state index in [1.54, 1.807) is 26.0 Å². The molecule has 0 aliphatic carbocycles. The van der Waals surface area contributed by atoms with Crippen LogP contribution in [0.4, 0.5) is 0 Å². The Morgan fingerprint density at radius 1 is 1.00 bits per heavy atom. The van der Waals surface area contributed by atoms with Crippen LogP contribution in [-0.2, 0) is 0 Å². The predicted octanol–water partition coefficient (Wildman–Crippen LogP) is 6.32. The molecule has 0 radical (unpaired) electrons. The Morgan fingerprint density at radius 2 is 1.78 bits per heavy atom. The van der Waals surface area contributed by atoms with Crippen molar-refractivity contribution in [2.45, 2.75) is 23.6 Å². The van der Waals surface area contributed by atoms with Crippen molar-refractivity contribution < 1.29 is 14.2 Å². The summed E-state index contributed by atoms with van der Waals surface area (Å²) >= 11 is 8.07. The van der Waals surface area contributed by atoms with E-state index in [1.165, 1.54) is 4.90 Å². The van der Waals surface area contributed by atoms with Crippen LogP contribution in [0.1, 0.15) is 35.4 Å². The molecule has 32 heavy (non-hydrogen) atoms. The van der Waals surface area contributed by atoms with Crippen molar-refractivity contribution in [3.05, 3.63) is 82.4 Å². The van der Waals surface area contributed by atoms with E-state index in [1.807, 2.05) is 41.4 Å². The molecule has 0 amide bonds. The topological polar surface area (TPSA) is 43.3 Å². The zero-order valence-electron chi connectivity index (χ0n) is 18.0. The number of methoxy groups -OCH3 is 2. The number of fused-ring (bicyclic) bond motifs is 3. The number of hydrogen-bond acceptors (Lipinski definition) is 6. The smallest absolute Gasteiger partial charge is 0.214 e. The lowest BCUT2D eigenvalue weighted by molar-refractivity contribution is -0.0191. The van der Waals surface area contributed by atoms with Crippen LogP contribution in [-0.4, -0.2) is 31.2 Å². The third-order valence-corrected chi connectivity index (χ3v) is 6.85. The van der Waals surface area contributed by atoms with Gasteiger partial charge in [-0.15, -0.1) is 11.8 Å². The molecule has 5 rings (SSSR count). The van der Waals surface area contributed by atoms with E-state index in [4.69, 9.17) is 30.9 Å². The van der Waals surface area contributed by atoms with Crippen LogP contribution in [0.15, 0.2) is 70.7 Å². The van der Waals surface area contributed by atoms with Crippen molar-refractivity contribution in [2.24, 2.45) is 5.10 Å². The summed E-state index contributed by atoms with van der Waals surface area (Å²) in [6, 6.07) is 20.2. The second-order valence-electron chi connectivity index (χ2n) is 7.64. The molecule has 3 aromatic rings. The first-order chi connectivity index (χ1) is 15.6. The zero-order valence-corrected chi connectivity index (χ0v) is 19.6. The van der Waals surface area contributed by atoms with Crippen molar-refractivity contribution in [3.8, 4) is 17.2 Å². The highest BCUT2D eigenvalue weighted by Crippen LogP contribution is 2.49. The first-order valence-electron chi connectivity index (χ1n) is 10.3. The third-order valence-electron chi connectivity index (χ3n) is 5.87. The number of hydrazone groups is 1. The lowest BCUT2D eigenvalue weighted by Gasteiger charge is -2.38. The second-order valence-corrected chi connectivity index (χ2v) is 8.96. The van der Waals surface area contributed by atoms with E-state index >= 15 is 0 Å². The summed E-state index contributed by atoms with van der Waals surface area (Å²) in [5, 5.41) is 7.75. The average molecular weight is 467 g/mol. The number of thioether (sulfide) groups is 1. The molecule has 2 unspecified atom stereocenters. The summed E-state index contributed by atoms with van der Waals surface area (Å²) in [5.41, 5.74) is 4.14. The van der Waals surface area contributed by atoms with Crippen LogP contribution in [0, 0.1) is 0 Å². The first kappa shape index (κ1) is 21.0. The van der Waals surface area contributed by atoms with Gasteiger partial charge in [0.25, 0.3) is 0 Å². The molecule has 2 atom stereocenters. The van der Waals surface area contributed by atoms with Gasteiger partial charge in [0.1, 0.15) is 5.75 Å². The Bertz CT molecular complexity index is 1180. The average Bonchev–Trinajstić information content (AvgIpc) is 3.29. The summed E-state index contributed by atoms with van der Waals surface area (Å²) < 4.78 is 17.4. The van der Waals surface area contributed by atoms with Gasteiger partial charge in [-0.25, -0.2) is 5.01 Å². The van der Waals surface area contributed by atoms with Gasteiger partial charge < -0.3 is 14.2 Å². The van der Waals surface area contributed by atoms with Crippen molar-refractivity contribution in [3.63, 3.8) is 0 Å². The van der Waals surface area contributed by atoms with E-state index in [9.17, 15) is 0 Å². The molecule has 0 aromatic heterocycles. The minimum Gasteiger partial charge on any atom is -0.493 e. The normalized spacial score (nSPS) is 19.0. The fourth-order valence-electron chi connectivity index (χ4n) is 4.24. The number of benzene rings is 3. The maximum atomic E-state index is 6.44. The van der Waals surface area contributed by atoms with Crippen LogP contribution < -0.4 is 14.2 Å². The minimum absolute atomic E-state index is 0.0331. The lowest BCUT2D eigenvalue weighted by Crippen LogP contribution is -2.33. The Labute approximate surface area is 196 Å². The molecule has 2 aliphatic heterocycles. The summed E-state index contributed by atoms with van der Waals surface area (Å²) in [6.45, 7) is 0. The van der Waals surface area contributed by atoms with Gasteiger partial charge in [-0.2, -0.15) is 5.10 Å². The van der Waals surface area contributed by atoms with Crippen LogP contribution in [0.25, 0.3) is 0 Å². The molecule has 0 fully saturated rings. The van der Waals surface area contributed by atoms with Crippen molar-refractivity contribution in [2.75, 3.05) is 20.5 Å². The number of ether oxygens (including phenoxy) is 3. The molecule has 164 valence electrons. The van der Waals surface area contributed by atoms with Crippen LogP contribution >= 0.6 is 23.4 Å². The minimum atomic E-state index is -0.392. The van der Waals surface area contributed by atoms with E-state index in [0.717, 1.165) is 34.6 Å². The van der Waals surface area contributed by atoms with Crippen molar-refractivity contribution in [1.82, 2.24) is 5.01 Å². The summed E-state index contributed by atoms with van der Waals surface area (Å²) in [7, 11) is 3.26. The van der Waals surface area contributed by atoms with Crippen molar-refractivity contribution >= 4 is 29.1 Å². The molecule has 0 saturated carbocycles. The Morgan fingerprint density at radius 3 is 2.50 bits per heavy atom. The fourth-order valence-corrected chi connectivity index (χ4v) is 4.83. The summed E-state index contributed by atoms with van der Waals surface area (Å²) in [6.07, 6.45) is 2.46. The molecule has 0 bridgehead atoms. The molecule has 2 aliphatic rings. The largest absolute Gasteiger partial charge is 0.493 e. The van der Waals surface area contributed by atoms with Gasteiger partial charge in [-0.3, -0.25) is 0 Å². The third kappa shape index (κ3) is 3.67. The highest BCUT2D eigenvalue weighted by atomic mass is 35.5. The predicted molar refractivity (Wildman–Crippen MR) is 128 cm³/mol. The molecule has 0 spiro atoms. The summed E-state index contributed by atoms with van der Waals surface area (Å²) in [4.78, 5) is 1.23. The Kier molecular flexibility index (Phi) is 5.66. The molecule has 0 saturated heterocycles. The van der Waals surface area contributed by atoms with E-state index in [0.29, 0.717) is 16.5 Å². The number of rotatable bonds is 5. The van der Waals surface area contributed by atoms with Gasteiger partial charge in [-0.1, -0.05) is 23.7 Å². The maximum absolute atomic E-state index is 6.44. The van der Waals surface area contributed by atoms with Crippen LogP contribution in [0.2, 0.25) is 5.02 Å². The zero-order chi connectivity index (χ0) is 22.2. The highest BCUT2D eigenvalue weighted by molar-refractivity contribution is 7.98. The monoisotopic (exact) mass is 466 g/mol. The summed E-state index contributed by atoms with van der Waals surface area (Å²) in [5.74, 6) is 2.16. The molecule has 7 heteroatoms. The lowest BCUT2D eigenvalue weighted by atomic mass is 9.96. The number of halogens is 1. The van der Waals surface area contributed by atoms with Crippen LogP contribution in [0.3, 0.4) is 0 Å². The van der Waals surface area contributed by atoms with E-state index in [-0.39, 0.29) is 6.04 Å². The molecule has 0 N–H and O–H groups in total. The molecule has 5 nitrogen and oxygen atoms in total. The van der Waals surface area contributed by atoms with Gasteiger partial charge in [-0.05, 0) is 60.4 Å². The van der Waals surface area contributed by atoms with E-state index in [2.05, 4.69) is 30.5 Å².